The summed E-state index contributed by atoms with van der Waals surface area (Å²) in [6.45, 7) is 5.47. The molecule has 0 saturated carbocycles. The summed E-state index contributed by atoms with van der Waals surface area (Å²) < 4.78 is 0. The highest BCUT2D eigenvalue weighted by Crippen LogP contribution is 2.20. The zero-order valence-corrected chi connectivity index (χ0v) is 17.7. The first-order chi connectivity index (χ1) is 14.1. The summed E-state index contributed by atoms with van der Waals surface area (Å²) in [5, 5.41) is 7.85. The van der Waals surface area contributed by atoms with Gasteiger partial charge in [0.1, 0.15) is 6.04 Å². The van der Waals surface area contributed by atoms with Crippen LogP contribution in [-0.2, 0) is 16.1 Å². The molecule has 6 heteroatoms. The molecule has 3 rings (SSSR count). The minimum Gasteiger partial charge on any atom is -0.354 e. The molecule has 2 atom stereocenters. The summed E-state index contributed by atoms with van der Waals surface area (Å²) >= 11 is 1.79. The fraction of sp³-hybridized carbons (Fsp3) is 0.391. The summed E-state index contributed by atoms with van der Waals surface area (Å²) in [5.41, 5.74) is 0.948. The van der Waals surface area contributed by atoms with Gasteiger partial charge < -0.3 is 10.6 Å². The van der Waals surface area contributed by atoms with Crippen molar-refractivity contribution in [2.24, 2.45) is 5.92 Å². The Morgan fingerprint density at radius 1 is 1.24 bits per heavy atom. The molecular weight excluding hydrogens is 382 g/mol. The first-order valence-electron chi connectivity index (χ1n) is 10.2. The van der Waals surface area contributed by atoms with E-state index in [1.165, 1.54) is 11.0 Å². The van der Waals surface area contributed by atoms with Crippen molar-refractivity contribution >= 4 is 29.2 Å². The lowest BCUT2D eigenvalue weighted by Gasteiger charge is -2.32. The molecule has 1 aliphatic rings. The lowest BCUT2D eigenvalue weighted by Crippen LogP contribution is -2.47. The molecule has 5 nitrogen and oxygen atoms in total. The molecule has 2 heterocycles. The SMILES string of the molecule is CC(NC(=O)/C=C/c1ccccc1)C(=O)NCC1CCCN(Cc2cccs2)C1. The molecule has 1 aromatic heterocycles. The van der Waals surface area contributed by atoms with Crippen molar-refractivity contribution in [3.05, 3.63) is 64.4 Å². The molecule has 2 unspecified atom stereocenters. The standard InChI is InChI=1S/C23H29N3O2S/c1-18(25-22(27)12-11-19-7-3-2-4-8-19)23(28)24-15-20-9-5-13-26(16-20)17-21-10-6-14-29-21/h2-4,6-8,10-12,14,18,20H,5,9,13,15-17H2,1H3,(H,24,28)(H,25,27)/b12-11+. The van der Waals surface area contributed by atoms with Gasteiger partial charge in [-0.25, -0.2) is 0 Å². The van der Waals surface area contributed by atoms with Gasteiger partial charge in [-0.05, 0) is 55.3 Å². The predicted molar refractivity (Wildman–Crippen MR) is 118 cm³/mol. The number of nitrogens with zero attached hydrogens (tertiary/aromatic N) is 1. The summed E-state index contributed by atoms with van der Waals surface area (Å²) in [4.78, 5) is 28.3. The van der Waals surface area contributed by atoms with Crippen molar-refractivity contribution in [1.82, 2.24) is 15.5 Å². The Bertz CT molecular complexity index is 805. The highest BCUT2D eigenvalue weighted by atomic mass is 32.1. The van der Waals surface area contributed by atoms with E-state index in [9.17, 15) is 9.59 Å². The van der Waals surface area contributed by atoms with Gasteiger partial charge in [0.25, 0.3) is 0 Å². The smallest absolute Gasteiger partial charge is 0.244 e. The van der Waals surface area contributed by atoms with Crippen LogP contribution in [-0.4, -0.2) is 42.4 Å². The van der Waals surface area contributed by atoms with Gasteiger partial charge in [0.05, 0.1) is 0 Å². The Labute approximate surface area is 176 Å². The molecule has 154 valence electrons. The van der Waals surface area contributed by atoms with E-state index >= 15 is 0 Å². The normalized spacial score (nSPS) is 18.4. The van der Waals surface area contributed by atoms with Crippen LogP contribution in [0.25, 0.3) is 6.08 Å². The van der Waals surface area contributed by atoms with Crippen LogP contribution in [0.4, 0.5) is 0 Å². The van der Waals surface area contributed by atoms with Gasteiger partial charge in [-0.2, -0.15) is 0 Å². The summed E-state index contributed by atoms with van der Waals surface area (Å²) in [7, 11) is 0. The van der Waals surface area contributed by atoms with Gasteiger partial charge in [0, 0.05) is 30.6 Å². The third kappa shape index (κ3) is 7.15. The van der Waals surface area contributed by atoms with E-state index in [-0.39, 0.29) is 11.8 Å². The van der Waals surface area contributed by atoms with Crippen molar-refractivity contribution in [2.75, 3.05) is 19.6 Å². The van der Waals surface area contributed by atoms with Gasteiger partial charge >= 0.3 is 0 Å². The number of amides is 2. The van der Waals surface area contributed by atoms with Crippen molar-refractivity contribution < 1.29 is 9.59 Å². The van der Waals surface area contributed by atoms with Crippen LogP contribution in [0.5, 0.6) is 0 Å². The quantitative estimate of drug-likeness (QED) is 0.655. The van der Waals surface area contributed by atoms with Crippen LogP contribution in [0.2, 0.25) is 0 Å². The van der Waals surface area contributed by atoms with E-state index < -0.39 is 6.04 Å². The molecule has 0 radical (unpaired) electrons. The van der Waals surface area contributed by atoms with E-state index in [2.05, 4.69) is 33.0 Å². The third-order valence-electron chi connectivity index (χ3n) is 5.11. The molecule has 2 aromatic rings. The monoisotopic (exact) mass is 411 g/mol. The van der Waals surface area contributed by atoms with Crippen LogP contribution in [0.15, 0.2) is 53.9 Å². The summed E-state index contributed by atoms with van der Waals surface area (Å²) in [5.74, 6) is 0.0478. The van der Waals surface area contributed by atoms with Crippen LogP contribution >= 0.6 is 11.3 Å². The summed E-state index contributed by atoms with van der Waals surface area (Å²) in [6.07, 6.45) is 5.48. The zero-order chi connectivity index (χ0) is 20.5. The lowest BCUT2D eigenvalue weighted by atomic mass is 9.98. The molecule has 2 amide bonds. The maximum Gasteiger partial charge on any atom is 0.244 e. The number of hydrogen-bond donors (Lipinski definition) is 2. The van der Waals surface area contributed by atoms with Crippen molar-refractivity contribution in [1.29, 1.82) is 0 Å². The number of likely N-dealkylation sites (tertiary alicyclic amines) is 1. The average molecular weight is 412 g/mol. The van der Waals surface area contributed by atoms with Gasteiger partial charge in [0.2, 0.25) is 11.8 Å². The molecule has 0 spiro atoms. The Morgan fingerprint density at radius 3 is 2.83 bits per heavy atom. The first-order valence-corrected chi connectivity index (χ1v) is 11.0. The molecule has 2 N–H and O–H groups in total. The second kappa shape index (κ2) is 10.9. The largest absolute Gasteiger partial charge is 0.354 e. The number of rotatable bonds is 8. The third-order valence-corrected chi connectivity index (χ3v) is 5.97. The highest BCUT2D eigenvalue weighted by molar-refractivity contribution is 7.09. The van der Waals surface area contributed by atoms with E-state index in [0.29, 0.717) is 12.5 Å². The molecule has 29 heavy (non-hydrogen) atoms. The van der Waals surface area contributed by atoms with Gasteiger partial charge in [-0.15, -0.1) is 11.3 Å². The zero-order valence-electron chi connectivity index (χ0n) is 16.8. The molecule has 1 saturated heterocycles. The van der Waals surface area contributed by atoms with Crippen LogP contribution < -0.4 is 10.6 Å². The molecule has 1 aliphatic heterocycles. The van der Waals surface area contributed by atoms with Crippen molar-refractivity contribution in [2.45, 2.75) is 32.4 Å². The van der Waals surface area contributed by atoms with E-state index in [1.807, 2.05) is 30.3 Å². The molecule has 1 fully saturated rings. The Balaban J connectivity index is 1.39. The minimum atomic E-state index is -0.561. The van der Waals surface area contributed by atoms with E-state index in [4.69, 9.17) is 0 Å². The molecule has 1 aromatic carbocycles. The number of nitrogens with one attached hydrogen (secondary N) is 2. The number of piperidine rings is 1. The van der Waals surface area contributed by atoms with Crippen molar-refractivity contribution in [3.63, 3.8) is 0 Å². The second-order valence-corrected chi connectivity index (χ2v) is 8.57. The Kier molecular flexibility index (Phi) is 8.02. The van der Waals surface area contributed by atoms with Crippen molar-refractivity contribution in [3.8, 4) is 0 Å². The number of hydrogen-bond acceptors (Lipinski definition) is 4. The van der Waals surface area contributed by atoms with Crippen LogP contribution in [0.1, 0.15) is 30.2 Å². The number of carbonyl (C=O) groups is 2. The lowest BCUT2D eigenvalue weighted by molar-refractivity contribution is -0.126. The fourth-order valence-electron chi connectivity index (χ4n) is 3.55. The minimum absolute atomic E-state index is 0.137. The maximum atomic E-state index is 12.4. The number of carbonyl (C=O) groups excluding carboxylic acids is 2. The molecule has 0 aliphatic carbocycles. The predicted octanol–water partition coefficient (Wildman–Crippen LogP) is 3.29. The van der Waals surface area contributed by atoms with Crippen LogP contribution in [0.3, 0.4) is 0 Å². The molecular formula is C23H29N3O2S. The first kappa shape index (κ1) is 21.3. The number of thiophene rings is 1. The van der Waals surface area contributed by atoms with E-state index in [0.717, 1.165) is 38.0 Å². The van der Waals surface area contributed by atoms with Crippen LogP contribution in [0, 0.1) is 5.92 Å². The molecule has 0 bridgehead atoms. The Hall–Kier alpha value is -2.44. The van der Waals surface area contributed by atoms with Gasteiger partial charge in [-0.1, -0.05) is 36.4 Å². The number of benzene rings is 1. The Morgan fingerprint density at radius 2 is 2.07 bits per heavy atom. The van der Waals surface area contributed by atoms with Gasteiger partial charge in [-0.3, -0.25) is 14.5 Å². The fourth-order valence-corrected chi connectivity index (χ4v) is 4.29. The second-order valence-electron chi connectivity index (χ2n) is 7.54. The highest BCUT2D eigenvalue weighted by Gasteiger charge is 2.22. The van der Waals surface area contributed by atoms with E-state index in [1.54, 1.807) is 24.3 Å². The van der Waals surface area contributed by atoms with Gasteiger partial charge in [0.15, 0.2) is 0 Å². The maximum absolute atomic E-state index is 12.4. The topological polar surface area (TPSA) is 61.4 Å². The summed E-state index contributed by atoms with van der Waals surface area (Å²) in [6, 6.07) is 13.3. The average Bonchev–Trinajstić information content (AvgIpc) is 3.24.